The van der Waals surface area contributed by atoms with Gasteiger partial charge in [-0.1, -0.05) is 20.8 Å². The van der Waals surface area contributed by atoms with Crippen LogP contribution in [-0.2, 0) is 6.54 Å². The Morgan fingerprint density at radius 1 is 1.53 bits per heavy atom. The van der Waals surface area contributed by atoms with Crippen molar-refractivity contribution in [1.29, 1.82) is 0 Å². The van der Waals surface area contributed by atoms with Gasteiger partial charge in [0.1, 0.15) is 4.47 Å². The molecule has 0 amide bonds. The van der Waals surface area contributed by atoms with E-state index in [1.165, 1.54) is 4.68 Å². The van der Waals surface area contributed by atoms with Crippen LogP contribution in [0.25, 0.3) is 0 Å². The average molecular weight is 332 g/mol. The van der Waals surface area contributed by atoms with E-state index in [2.05, 4.69) is 40.2 Å². The molecule has 1 aromatic heterocycles. The van der Waals surface area contributed by atoms with E-state index < -0.39 is 6.10 Å². The SMILES string of the molecule is CCCn1ncc(NCC(O)CC(C)C)c(Br)c1=O. The number of hydrogen-bond donors (Lipinski definition) is 2. The van der Waals surface area contributed by atoms with Crippen LogP contribution in [-0.4, -0.2) is 27.5 Å². The lowest BCUT2D eigenvalue weighted by molar-refractivity contribution is 0.161. The van der Waals surface area contributed by atoms with Crippen LogP contribution in [0.5, 0.6) is 0 Å². The van der Waals surface area contributed by atoms with Gasteiger partial charge in [0, 0.05) is 13.1 Å². The van der Waals surface area contributed by atoms with Gasteiger partial charge in [0.2, 0.25) is 0 Å². The summed E-state index contributed by atoms with van der Waals surface area (Å²) >= 11 is 3.28. The molecule has 0 saturated heterocycles. The molecule has 0 aliphatic carbocycles. The first-order valence-electron chi connectivity index (χ1n) is 6.63. The molecule has 0 aliphatic rings. The first-order valence-corrected chi connectivity index (χ1v) is 7.42. The van der Waals surface area contributed by atoms with Crippen molar-refractivity contribution in [1.82, 2.24) is 9.78 Å². The number of rotatable bonds is 7. The van der Waals surface area contributed by atoms with Gasteiger partial charge in [-0.15, -0.1) is 0 Å². The van der Waals surface area contributed by atoms with E-state index >= 15 is 0 Å². The molecule has 2 N–H and O–H groups in total. The van der Waals surface area contributed by atoms with Gasteiger partial charge >= 0.3 is 0 Å². The molecule has 19 heavy (non-hydrogen) atoms. The van der Waals surface area contributed by atoms with Crippen LogP contribution < -0.4 is 10.9 Å². The maximum absolute atomic E-state index is 12.0. The molecule has 1 rings (SSSR count). The van der Waals surface area contributed by atoms with E-state index in [4.69, 9.17) is 0 Å². The van der Waals surface area contributed by atoms with Gasteiger partial charge in [0.05, 0.1) is 18.0 Å². The quantitative estimate of drug-likeness (QED) is 0.804. The van der Waals surface area contributed by atoms with Gasteiger partial charge in [-0.3, -0.25) is 4.79 Å². The average Bonchev–Trinajstić information content (AvgIpc) is 2.33. The van der Waals surface area contributed by atoms with E-state index in [-0.39, 0.29) is 5.56 Å². The molecule has 0 fully saturated rings. The molecular weight excluding hydrogens is 310 g/mol. The van der Waals surface area contributed by atoms with E-state index in [0.717, 1.165) is 12.8 Å². The number of nitrogens with zero attached hydrogens (tertiary/aromatic N) is 2. The Hall–Kier alpha value is -0.880. The summed E-state index contributed by atoms with van der Waals surface area (Å²) < 4.78 is 1.90. The monoisotopic (exact) mass is 331 g/mol. The summed E-state index contributed by atoms with van der Waals surface area (Å²) in [6, 6.07) is 0. The Balaban J connectivity index is 2.70. The zero-order valence-corrected chi connectivity index (χ0v) is 13.3. The van der Waals surface area contributed by atoms with Crippen molar-refractivity contribution < 1.29 is 5.11 Å². The molecule has 0 aliphatic heterocycles. The normalized spacial score (nSPS) is 12.7. The number of aliphatic hydroxyl groups excluding tert-OH is 1. The lowest BCUT2D eigenvalue weighted by Crippen LogP contribution is -2.26. The molecule has 0 saturated carbocycles. The van der Waals surface area contributed by atoms with Crippen LogP contribution in [0.4, 0.5) is 5.69 Å². The molecule has 0 bridgehead atoms. The largest absolute Gasteiger partial charge is 0.391 e. The highest BCUT2D eigenvalue weighted by Gasteiger charge is 2.11. The van der Waals surface area contributed by atoms with Crippen molar-refractivity contribution in [2.45, 2.75) is 46.3 Å². The van der Waals surface area contributed by atoms with Gasteiger partial charge in [-0.2, -0.15) is 5.10 Å². The molecule has 6 heteroatoms. The molecule has 0 aromatic carbocycles. The smallest absolute Gasteiger partial charge is 0.283 e. The lowest BCUT2D eigenvalue weighted by Gasteiger charge is -2.15. The number of halogens is 1. The first-order chi connectivity index (χ1) is 8.95. The Bertz CT molecular complexity index is 460. The molecule has 1 aromatic rings. The Morgan fingerprint density at radius 2 is 2.21 bits per heavy atom. The van der Waals surface area contributed by atoms with Crippen molar-refractivity contribution in [3.63, 3.8) is 0 Å². The second kappa shape index (κ2) is 7.65. The lowest BCUT2D eigenvalue weighted by atomic mass is 10.1. The Labute approximate surface area is 122 Å². The van der Waals surface area contributed by atoms with Crippen molar-refractivity contribution in [3.05, 3.63) is 21.0 Å². The van der Waals surface area contributed by atoms with E-state index in [1.807, 2.05) is 6.92 Å². The minimum absolute atomic E-state index is 0.148. The number of aromatic nitrogens is 2. The molecule has 0 spiro atoms. The minimum atomic E-state index is -0.426. The molecule has 108 valence electrons. The number of hydrogen-bond acceptors (Lipinski definition) is 4. The summed E-state index contributed by atoms with van der Waals surface area (Å²) in [4.78, 5) is 12.0. The summed E-state index contributed by atoms with van der Waals surface area (Å²) in [5.74, 6) is 0.441. The standard InChI is InChI=1S/C13H22BrN3O2/c1-4-5-17-13(19)12(14)11(8-16-17)15-7-10(18)6-9(2)3/h8-10,15,18H,4-7H2,1-3H3. The Kier molecular flexibility index (Phi) is 6.51. The molecule has 1 atom stereocenters. The van der Waals surface area contributed by atoms with Crippen LogP contribution in [0.3, 0.4) is 0 Å². The number of anilines is 1. The van der Waals surface area contributed by atoms with E-state index in [9.17, 15) is 9.90 Å². The van der Waals surface area contributed by atoms with Gasteiger partial charge in [-0.05, 0) is 34.7 Å². The minimum Gasteiger partial charge on any atom is -0.391 e. The van der Waals surface area contributed by atoms with Gasteiger partial charge in [-0.25, -0.2) is 4.68 Å². The Morgan fingerprint density at radius 3 is 2.79 bits per heavy atom. The van der Waals surface area contributed by atoms with Crippen LogP contribution in [0.2, 0.25) is 0 Å². The third kappa shape index (κ3) is 4.95. The predicted octanol–water partition coefficient (Wildman–Crippen LogP) is 2.23. The number of nitrogens with one attached hydrogen (secondary N) is 1. The molecule has 1 unspecified atom stereocenters. The van der Waals surface area contributed by atoms with Crippen molar-refractivity contribution in [2.75, 3.05) is 11.9 Å². The molecule has 1 heterocycles. The highest BCUT2D eigenvalue weighted by atomic mass is 79.9. The number of aliphatic hydroxyl groups is 1. The fourth-order valence-electron chi connectivity index (χ4n) is 1.81. The van der Waals surface area contributed by atoms with Gasteiger partial charge in [0.25, 0.3) is 5.56 Å². The fraction of sp³-hybridized carbons (Fsp3) is 0.692. The summed E-state index contributed by atoms with van der Waals surface area (Å²) in [6.45, 7) is 7.14. The maximum Gasteiger partial charge on any atom is 0.283 e. The first kappa shape index (κ1) is 16.2. The topological polar surface area (TPSA) is 67.2 Å². The third-order valence-electron chi connectivity index (χ3n) is 2.69. The zero-order valence-electron chi connectivity index (χ0n) is 11.7. The second-order valence-corrected chi connectivity index (χ2v) is 5.86. The van der Waals surface area contributed by atoms with Crippen LogP contribution >= 0.6 is 15.9 Å². The molecular formula is C13H22BrN3O2. The van der Waals surface area contributed by atoms with Gasteiger partial charge in [0.15, 0.2) is 0 Å². The molecule has 5 nitrogen and oxygen atoms in total. The third-order valence-corrected chi connectivity index (χ3v) is 3.46. The van der Waals surface area contributed by atoms with E-state index in [0.29, 0.717) is 29.2 Å². The second-order valence-electron chi connectivity index (χ2n) is 5.06. The highest BCUT2D eigenvalue weighted by molar-refractivity contribution is 9.10. The summed E-state index contributed by atoms with van der Waals surface area (Å²) in [6.07, 6.45) is 2.78. The van der Waals surface area contributed by atoms with E-state index in [1.54, 1.807) is 6.20 Å². The fourth-order valence-corrected chi connectivity index (χ4v) is 2.26. The summed E-state index contributed by atoms with van der Waals surface area (Å²) in [5.41, 5.74) is 0.477. The summed E-state index contributed by atoms with van der Waals surface area (Å²) in [5, 5.41) is 17.0. The highest BCUT2D eigenvalue weighted by Crippen LogP contribution is 2.16. The number of aryl methyl sites for hydroxylation is 1. The predicted molar refractivity (Wildman–Crippen MR) is 80.4 cm³/mol. The van der Waals surface area contributed by atoms with Crippen LogP contribution in [0.15, 0.2) is 15.5 Å². The molecule has 0 radical (unpaired) electrons. The zero-order chi connectivity index (χ0) is 14.4. The van der Waals surface area contributed by atoms with Crippen LogP contribution in [0, 0.1) is 5.92 Å². The maximum atomic E-state index is 12.0. The van der Waals surface area contributed by atoms with Crippen molar-refractivity contribution in [2.24, 2.45) is 5.92 Å². The van der Waals surface area contributed by atoms with Crippen molar-refractivity contribution in [3.8, 4) is 0 Å². The van der Waals surface area contributed by atoms with Gasteiger partial charge < -0.3 is 10.4 Å². The van der Waals surface area contributed by atoms with Crippen LogP contribution in [0.1, 0.15) is 33.6 Å². The van der Waals surface area contributed by atoms with Crippen molar-refractivity contribution >= 4 is 21.6 Å². The summed E-state index contributed by atoms with van der Waals surface area (Å²) in [7, 11) is 0.